The maximum atomic E-state index is 11.4. The lowest BCUT2D eigenvalue weighted by Gasteiger charge is -2.38. The molecule has 1 aliphatic carbocycles. The number of fused-ring (bicyclic) bond motifs is 1. The molecule has 4 aromatic rings. The summed E-state index contributed by atoms with van der Waals surface area (Å²) in [5.74, 6) is -1.07. The molecule has 6 nitrogen and oxygen atoms in total. The molecule has 144 valence electrons. The van der Waals surface area contributed by atoms with Crippen LogP contribution in [0.25, 0.3) is 28.2 Å². The number of carboxylic acids is 1. The zero-order valence-corrected chi connectivity index (χ0v) is 15.7. The fraction of sp³-hybridized carbons (Fsp3) is 0.174. The van der Waals surface area contributed by atoms with Crippen LogP contribution in [0.3, 0.4) is 0 Å². The summed E-state index contributed by atoms with van der Waals surface area (Å²) in [4.78, 5) is 20.2. The van der Waals surface area contributed by atoms with Gasteiger partial charge < -0.3 is 10.8 Å². The molecule has 1 saturated carbocycles. The number of carboxylic acid groups (broad SMARTS) is 1. The maximum absolute atomic E-state index is 11.4. The molecule has 3 N–H and O–H groups in total. The monoisotopic (exact) mass is 384 g/mol. The first kappa shape index (κ1) is 17.6. The Labute approximate surface area is 167 Å². The molecule has 2 heterocycles. The Morgan fingerprint density at radius 3 is 2.38 bits per heavy atom. The number of rotatable bonds is 4. The first-order valence-corrected chi connectivity index (χ1v) is 9.62. The molecule has 1 aliphatic rings. The fourth-order valence-corrected chi connectivity index (χ4v) is 3.94. The van der Waals surface area contributed by atoms with Crippen molar-refractivity contribution < 1.29 is 9.90 Å². The molecular formula is C23H20N4O2. The molecule has 0 radical (unpaired) electrons. The molecule has 2 aromatic heterocycles. The quantitative estimate of drug-likeness (QED) is 0.552. The van der Waals surface area contributed by atoms with Gasteiger partial charge in [-0.1, -0.05) is 54.6 Å². The van der Waals surface area contributed by atoms with Crippen molar-refractivity contribution in [3.63, 3.8) is 0 Å². The number of imidazole rings is 1. The van der Waals surface area contributed by atoms with Crippen LogP contribution in [0.15, 0.2) is 67.0 Å². The van der Waals surface area contributed by atoms with Gasteiger partial charge in [-0.2, -0.15) is 0 Å². The van der Waals surface area contributed by atoms with Crippen LogP contribution < -0.4 is 5.73 Å². The number of benzene rings is 2. The number of nitrogens with two attached hydrogens (primary N) is 1. The van der Waals surface area contributed by atoms with Crippen molar-refractivity contribution in [2.45, 2.75) is 24.8 Å². The number of nitrogens with zero attached hydrogens (tertiary/aromatic N) is 3. The standard InChI is InChI=1S/C23H20N4O2/c24-23(11-4-12-23)17-9-7-15(8-10-17)20-21(16-5-2-1-3-6-16)27-14-18(22(28)29)25-13-19(27)26-20/h1-3,5-10,13-14H,4,11-12,24H2,(H,28,29). The number of carbonyl (C=O) groups is 1. The van der Waals surface area contributed by atoms with E-state index in [1.165, 1.54) is 18.8 Å². The highest BCUT2D eigenvalue weighted by atomic mass is 16.4. The zero-order valence-electron chi connectivity index (χ0n) is 15.7. The summed E-state index contributed by atoms with van der Waals surface area (Å²) < 4.78 is 1.80. The molecule has 0 bridgehead atoms. The van der Waals surface area contributed by atoms with E-state index in [9.17, 15) is 9.90 Å². The number of aromatic nitrogens is 3. The number of hydrogen-bond acceptors (Lipinski definition) is 4. The van der Waals surface area contributed by atoms with E-state index in [0.29, 0.717) is 5.65 Å². The van der Waals surface area contributed by atoms with E-state index in [2.05, 4.69) is 17.1 Å². The minimum atomic E-state index is -1.07. The van der Waals surface area contributed by atoms with Crippen molar-refractivity contribution >= 4 is 11.6 Å². The van der Waals surface area contributed by atoms with Gasteiger partial charge in [0.1, 0.15) is 0 Å². The third kappa shape index (κ3) is 2.89. The Bertz CT molecular complexity index is 1210. The van der Waals surface area contributed by atoms with Crippen LogP contribution in [0.1, 0.15) is 35.3 Å². The average Bonchev–Trinajstić information content (AvgIpc) is 3.11. The van der Waals surface area contributed by atoms with Crippen LogP contribution >= 0.6 is 0 Å². The summed E-state index contributed by atoms with van der Waals surface area (Å²) in [5, 5.41) is 9.36. The second kappa shape index (κ2) is 6.53. The van der Waals surface area contributed by atoms with Gasteiger partial charge >= 0.3 is 5.97 Å². The predicted octanol–water partition coefficient (Wildman–Crippen LogP) is 4.10. The van der Waals surface area contributed by atoms with Gasteiger partial charge in [0, 0.05) is 22.9 Å². The van der Waals surface area contributed by atoms with E-state index in [-0.39, 0.29) is 11.2 Å². The van der Waals surface area contributed by atoms with Gasteiger partial charge in [0.25, 0.3) is 0 Å². The van der Waals surface area contributed by atoms with E-state index in [1.807, 2.05) is 42.5 Å². The van der Waals surface area contributed by atoms with Gasteiger partial charge in [0.15, 0.2) is 11.3 Å². The predicted molar refractivity (Wildman–Crippen MR) is 111 cm³/mol. The molecular weight excluding hydrogens is 364 g/mol. The zero-order chi connectivity index (χ0) is 20.0. The second-order valence-corrected chi connectivity index (χ2v) is 7.57. The molecule has 5 rings (SSSR count). The summed E-state index contributed by atoms with van der Waals surface area (Å²) in [6.45, 7) is 0. The van der Waals surface area contributed by atoms with Crippen molar-refractivity contribution in [3.8, 4) is 22.5 Å². The van der Waals surface area contributed by atoms with Gasteiger partial charge in [0.2, 0.25) is 0 Å². The minimum Gasteiger partial charge on any atom is -0.476 e. The van der Waals surface area contributed by atoms with Crippen molar-refractivity contribution in [2.24, 2.45) is 5.73 Å². The first-order chi connectivity index (χ1) is 14.0. The highest BCUT2D eigenvalue weighted by Gasteiger charge is 2.34. The van der Waals surface area contributed by atoms with Crippen LogP contribution in [0.2, 0.25) is 0 Å². The van der Waals surface area contributed by atoms with Crippen LogP contribution in [-0.2, 0) is 5.54 Å². The lowest BCUT2D eigenvalue weighted by atomic mass is 9.72. The van der Waals surface area contributed by atoms with Crippen molar-refractivity contribution in [1.82, 2.24) is 14.4 Å². The third-order valence-electron chi connectivity index (χ3n) is 5.75. The lowest BCUT2D eigenvalue weighted by Crippen LogP contribution is -2.43. The van der Waals surface area contributed by atoms with E-state index in [0.717, 1.165) is 40.9 Å². The average molecular weight is 384 g/mol. The van der Waals surface area contributed by atoms with E-state index >= 15 is 0 Å². The van der Waals surface area contributed by atoms with Crippen molar-refractivity contribution in [1.29, 1.82) is 0 Å². The number of aromatic carboxylic acids is 1. The van der Waals surface area contributed by atoms with Gasteiger partial charge in [-0.05, 0) is 24.8 Å². The molecule has 0 unspecified atom stereocenters. The van der Waals surface area contributed by atoms with Gasteiger partial charge in [-0.3, -0.25) is 4.40 Å². The normalized spacial score (nSPS) is 15.2. The largest absolute Gasteiger partial charge is 0.476 e. The summed E-state index contributed by atoms with van der Waals surface area (Å²) >= 11 is 0. The van der Waals surface area contributed by atoms with E-state index < -0.39 is 5.97 Å². The third-order valence-corrected chi connectivity index (χ3v) is 5.75. The number of hydrogen-bond donors (Lipinski definition) is 2. The molecule has 0 aliphatic heterocycles. The topological polar surface area (TPSA) is 93.5 Å². The molecule has 2 aromatic carbocycles. The molecule has 0 amide bonds. The minimum absolute atomic E-state index is 0.0240. The fourth-order valence-electron chi connectivity index (χ4n) is 3.94. The molecule has 0 spiro atoms. The molecule has 29 heavy (non-hydrogen) atoms. The summed E-state index contributed by atoms with van der Waals surface area (Å²) in [6.07, 6.45) is 6.21. The van der Waals surface area contributed by atoms with E-state index in [1.54, 1.807) is 4.40 Å². The Hall–Kier alpha value is -3.51. The van der Waals surface area contributed by atoms with Crippen LogP contribution in [0.4, 0.5) is 0 Å². The second-order valence-electron chi connectivity index (χ2n) is 7.57. The summed E-state index contributed by atoms with van der Waals surface area (Å²) in [6, 6.07) is 18.1. The molecule has 1 fully saturated rings. The van der Waals surface area contributed by atoms with Crippen molar-refractivity contribution in [3.05, 3.63) is 78.2 Å². The SMILES string of the molecule is NC1(c2ccc(-c3nc4cnc(C(=O)O)cn4c3-c3ccccc3)cc2)CCC1. The summed E-state index contributed by atoms with van der Waals surface area (Å²) in [5.41, 5.74) is 11.5. The summed E-state index contributed by atoms with van der Waals surface area (Å²) in [7, 11) is 0. The van der Waals surface area contributed by atoms with Crippen LogP contribution in [-0.4, -0.2) is 25.4 Å². The van der Waals surface area contributed by atoms with Gasteiger partial charge in [-0.25, -0.2) is 14.8 Å². The Balaban J connectivity index is 1.69. The highest BCUT2D eigenvalue weighted by Crippen LogP contribution is 2.40. The van der Waals surface area contributed by atoms with Crippen LogP contribution in [0, 0.1) is 0 Å². The Kier molecular flexibility index (Phi) is 3.96. The first-order valence-electron chi connectivity index (χ1n) is 9.62. The van der Waals surface area contributed by atoms with Gasteiger partial charge in [0.05, 0.1) is 17.6 Å². The molecule has 0 atom stereocenters. The van der Waals surface area contributed by atoms with Gasteiger partial charge in [-0.15, -0.1) is 0 Å². The van der Waals surface area contributed by atoms with Crippen LogP contribution in [0.5, 0.6) is 0 Å². The van der Waals surface area contributed by atoms with E-state index in [4.69, 9.17) is 10.7 Å². The molecule has 0 saturated heterocycles. The Morgan fingerprint density at radius 2 is 1.76 bits per heavy atom. The van der Waals surface area contributed by atoms with Crippen molar-refractivity contribution in [2.75, 3.05) is 0 Å². The lowest BCUT2D eigenvalue weighted by molar-refractivity contribution is 0.0690. The Morgan fingerprint density at radius 1 is 1.03 bits per heavy atom. The highest BCUT2D eigenvalue weighted by molar-refractivity contribution is 5.87. The smallest absolute Gasteiger partial charge is 0.356 e. The molecule has 6 heteroatoms. The maximum Gasteiger partial charge on any atom is 0.356 e.